The summed E-state index contributed by atoms with van der Waals surface area (Å²) in [4.78, 5) is 14.1. The van der Waals surface area contributed by atoms with Crippen LogP contribution in [0.4, 0.5) is 23.7 Å². The molecule has 24 heavy (non-hydrogen) atoms. The number of hydrogen-bond acceptors (Lipinski definition) is 1. The number of urea groups is 1. The summed E-state index contributed by atoms with van der Waals surface area (Å²) in [6.45, 7) is 2.15. The number of alkyl halides is 3. The fourth-order valence-electron chi connectivity index (χ4n) is 2.95. The molecule has 0 radical (unpaired) electrons. The molecule has 1 aliphatic rings. The summed E-state index contributed by atoms with van der Waals surface area (Å²) in [7, 11) is 0. The van der Waals surface area contributed by atoms with Gasteiger partial charge >= 0.3 is 12.2 Å². The lowest BCUT2D eigenvalue weighted by Crippen LogP contribution is -2.42. The number of carbonyl (C=O) groups is 1. The van der Waals surface area contributed by atoms with Crippen molar-refractivity contribution in [2.24, 2.45) is 0 Å². The number of anilines is 1. The van der Waals surface area contributed by atoms with E-state index >= 15 is 0 Å². The minimum atomic E-state index is -4.35. The molecule has 0 aliphatic carbocycles. The molecule has 1 unspecified atom stereocenters. The predicted molar refractivity (Wildman–Crippen MR) is 85.8 cm³/mol. The summed E-state index contributed by atoms with van der Waals surface area (Å²) in [5, 5.41) is 2.78. The van der Waals surface area contributed by atoms with Gasteiger partial charge in [-0.05, 0) is 42.7 Å². The SMILES string of the molecule is CC1Cc2ccccc2N1C(=O)NCc1ccc(C(F)(F)F)cc1. The molecule has 0 saturated heterocycles. The third kappa shape index (κ3) is 3.22. The van der Waals surface area contributed by atoms with Gasteiger partial charge in [0, 0.05) is 18.3 Å². The summed E-state index contributed by atoms with van der Waals surface area (Å²) in [5.74, 6) is 0. The molecule has 2 aromatic carbocycles. The molecule has 0 bridgehead atoms. The first kappa shape index (κ1) is 16.4. The van der Waals surface area contributed by atoms with Crippen LogP contribution in [0.15, 0.2) is 48.5 Å². The second kappa shape index (κ2) is 6.19. The highest BCUT2D eigenvalue weighted by Crippen LogP contribution is 2.32. The number of nitrogens with one attached hydrogen (secondary N) is 1. The second-order valence-electron chi connectivity index (χ2n) is 5.91. The Bertz CT molecular complexity index is 741. The monoisotopic (exact) mass is 334 g/mol. The van der Waals surface area contributed by atoms with Gasteiger partial charge in [0.1, 0.15) is 0 Å². The lowest BCUT2D eigenvalue weighted by Gasteiger charge is -2.23. The predicted octanol–water partition coefficient (Wildman–Crippen LogP) is 4.37. The van der Waals surface area contributed by atoms with Gasteiger partial charge in [0.2, 0.25) is 0 Å². The highest BCUT2D eigenvalue weighted by atomic mass is 19.4. The first-order valence-corrected chi connectivity index (χ1v) is 7.67. The van der Waals surface area contributed by atoms with Crippen molar-refractivity contribution in [1.82, 2.24) is 5.32 Å². The van der Waals surface area contributed by atoms with Crippen molar-refractivity contribution >= 4 is 11.7 Å². The van der Waals surface area contributed by atoms with Gasteiger partial charge in [0.25, 0.3) is 0 Å². The van der Waals surface area contributed by atoms with Gasteiger partial charge in [0.15, 0.2) is 0 Å². The molecule has 1 aliphatic heterocycles. The van der Waals surface area contributed by atoms with Crippen molar-refractivity contribution in [3.05, 3.63) is 65.2 Å². The van der Waals surface area contributed by atoms with Crippen LogP contribution in [-0.2, 0) is 19.1 Å². The van der Waals surface area contributed by atoms with E-state index in [9.17, 15) is 18.0 Å². The maximum absolute atomic E-state index is 12.5. The average Bonchev–Trinajstić information content (AvgIpc) is 2.88. The minimum Gasteiger partial charge on any atom is -0.334 e. The Hall–Kier alpha value is -2.50. The maximum Gasteiger partial charge on any atom is 0.416 e. The molecule has 2 aromatic rings. The fraction of sp³-hybridized carbons (Fsp3) is 0.278. The molecule has 2 amide bonds. The third-order valence-corrected chi connectivity index (χ3v) is 4.15. The van der Waals surface area contributed by atoms with E-state index in [-0.39, 0.29) is 18.6 Å². The van der Waals surface area contributed by atoms with Crippen molar-refractivity contribution in [2.45, 2.75) is 32.1 Å². The quantitative estimate of drug-likeness (QED) is 0.869. The molecule has 3 nitrogen and oxygen atoms in total. The van der Waals surface area contributed by atoms with Crippen molar-refractivity contribution in [1.29, 1.82) is 0 Å². The molecule has 6 heteroatoms. The first-order chi connectivity index (χ1) is 11.4. The van der Waals surface area contributed by atoms with E-state index in [4.69, 9.17) is 0 Å². The number of amides is 2. The summed E-state index contributed by atoms with van der Waals surface area (Å²) in [6.07, 6.45) is -3.56. The van der Waals surface area contributed by atoms with Crippen molar-refractivity contribution in [2.75, 3.05) is 4.90 Å². The van der Waals surface area contributed by atoms with E-state index in [1.807, 2.05) is 31.2 Å². The summed E-state index contributed by atoms with van der Waals surface area (Å²) in [5.41, 5.74) is 1.93. The lowest BCUT2D eigenvalue weighted by molar-refractivity contribution is -0.137. The highest BCUT2D eigenvalue weighted by Gasteiger charge is 2.31. The van der Waals surface area contributed by atoms with Gasteiger partial charge in [-0.1, -0.05) is 30.3 Å². The second-order valence-corrected chi connectivity index (χ2v) is 5.91. The fourth-order valence-corrected chi connectivity index (χ4v) is 2.95. The zero-order valence-corrected chi connectivity index (χ0v) is 13.1. The van der Waals surface area contributed by atoms with Crippen LogP contribution >= 0.6 is 0 Å². The van der Waals surface area contributed by atoms with Crippen LogP contribution in [0.2, 0.25) is 0 Å². The van der Waals surface area contributed by atoms with Crippen LogP contribution in [0.25, 0.3) is 0 Å². The van der Waals surface area contributed by atoms with Crippen molar-refractivity contribution < 1.29 is 18.0 Å². The molecular weight excluding hydrogens is 317 g/mol. The zero-order valence-electron chi connectivity index (χ0n) is 13.1. The molecule has 126 valence electrons. The number of para-hydroxylation sites is 1. The van der Waals surface area contributed by atoms with Gasteiger partial charge in [-0.25, -0.2) is 4.79 Å². The smallest absolute Gasteiger partial charge is 0.334 e. The number of carbonyl (C=O) groups excluding carboxylic acids is 1. The number of nitrogens with zero attached hydrogens (tertiary/aromatic N) is 1. The Balaban J connectivity index is 1.66. The van der Waals surface area contributed by atoms with E-state index in [2.05, 4.69) is 5.32 Å². The van der Waals surface area contributed by atoms with E-state index in [1.165, 1.54) is 12.1 Å². The molecule has 0 spiro atoms. The molecule has 3 rings (SSSR count). The van der Waals surface area contributed by atoms with Crippen LogP contribution < -0.4 is 10.2 Å². The van der Waals surface area contributed by atoms with Gasteiger partial charge in [-0.3, -0.25) is 4.90 Å². The molecular formula is C18H17F3N2O. The Morgan fingerprint density at radius 1 is 1.17 bits per heavy atom. The van der Waals surface area contributed by atoms with Gasteiger partial charge in [0.05, 0.1) is 5.56 Å². The van der Waals surface area contributed by atoms with Crippen LogP contribution in [-0.4, -0.2) is 12.1 Å². The zero-order chi connectivity index (χ0) is 17.3. The Labute approximate surface area is 138 Å². The number of benzene rings is 2. The lowest BCUT2D eigenvalue weighted by atomic mass is 10.1. The largest absolute Gasteiger partial charge is 0.416 e. The summed E-state index contributed by atoms with van der Waals surface area (Å²) < 4.78 is 37.6. The highest BCUT2D eigenvalue weighted by molar-refractivity contribution is 5.94. The van der Waals surface area contributed by atoms with E-state index < -0.39 is 11.7 Å². The van der Waals surface area contributed by atoms with Crippen LogP contribution in [0.5, 0.6) is 0 Å². The van der Waals surface area contributed by atoms with Crippen LogP contribution in [0, 0.1) is 0 Å². The summed E-state index contributed by atoms with van der Waals surface area (Å²) >= 11 is 0. The van der Waals surface area contributed by atoms with Gasteiger partial charge in [-0.2, -0.15) is 13.2 Å². The van der Waals surface area contributed by atoms with Gasteiger partial charge in [-0.15, -0.1) is 0 Å². The molecule has 0 aromatic heterocycles. The normalized spacial score (nSPS) is 16.8. The maximum atomic E-state index is 12.5. The third-order valence-electron chi connectivity index (χ3n) is 4.15. The van der Waals surface area contributed by atoms with Crippen molar-refractivity contribution in [3.8, 4) is 0 Å². The number of rotatable bonds is 2. The Morgan fingerprint density at radius 3 is 2.50 bits per heavy atom. The standard InChI is InChI=1S/C18H17F3N2O/c1-12-10-14-4-2-3-5-16(14)23(12)17(24)22-11-13-6-8-15(9-7-13)18(19,20)21/h2-9,12H,10-11H2,1H3,(H,22,24). The Morgan fingerprint density at radius 2 is 1.83 bits per heavy atom. The minimum absolute atomic E-state index is 0.0509. The Kier molecular flexibility index (Phi) is 4.22. The average molecular weight is 334 g/mol. The molecule has 1 N–H and O–H groups in total. The number of hydrogen-bond donors (Lipinski definition) is 1. The molecule has 0 saturated carbocycles. The number of fused-ring (bicyclic) bond motifs is 1. The van der Waals surface area contributed by atoms with E-state index in [1.54, 1.807) is 4.90 Å². The van der Waals surface area contributed by atoms with Crippen LogP contribution in [0.3, 0.4) is 0 Å². The number of halogens is 3. The summed E-state index contributed by atoms with van der Waals surface area (Å²) in [6, 6.07) is 12.3. The molecule has 0 fully saturated rings. The van der Waals surface area contributed by atoms with E-state index in [0.29, 0.717) is 5.56 Å². The van der Waals surface area contributed by atoms with Gasteiger partial charge < -0.3 is 5.32 Å². The first-order valence-electron chi connectivity index (χ1n) is 7.67. The van der Waals surface area contributed by atoms with Crippen molar-refractivity contribution in [3.63, 3.8) is 0 Å². The molecule has 1 atom stereocenters. The topological polar surface area (TPSA) is 32.3 Å². The van der Waals surface area contributed by atoms with E-state index in [0.717, 1.165) is 29.8 Å². The van der Waals surface area contributed by atoms with Crippen LogP contribution in [0.1, 0.15) is 23.6 Å². The molecule has 1 heterocycles.